The van der Waals surface area contributed by atoms with Gasteiger partial charge in [-0.25, -0.2) is 0 Å². The maximum absolute atomic E-state index is 12.1. The maximum atomic E-state index is 12.1. The monoisotopic (exact) mass is 295 g/mol. The number of carbonyl (C=O) groups excluding carboxylic acids is 1. The summed E-state index contributed by atoms with van der Waals surface area (Å²) < 4.78 is 0. The molecule has 1 N–H and O–H groups in total. The molecule has 0 radical (unpaired) electrons. The van der Waals surface area contributed by atoms with Gasteiger partial charge in [0.25, 0.3) is 11.6 Å². The number of rotatable bonds is 4. The number of nitrogens with zero attached hydrogens (tertiary/aromatic N) is 2. The first-order valence-electron chi connectivity index (χ1n) is 6.56. The molecule has 0 heterocycles. The van der Waals surface area contributed by atoms with Gasteiger partial charge in [0.1, 0.15) is 0 Å². The molecule has 2 aromatic carbocycles. The molecule has 6 nitrogen and oxygen atoms in total. The molecule has 0 saturated carbocycles. The Morgan fingerprint density at radius 1 is 1.27 bits per heavy atom. The minimum absolute atomic E-state index is 0.0636. The van der Waals surface area contributed by atoms with Crippen LogP contribution in [0.25, 0.3) is 0 Å². The Morgan fingerprint density at radius 3 is 2.55 bits per heavy atom. The van der Waals surface area contributed by atoms with Crippen LogP contribution >= 0.6 is 0 Å². The van der Waals surface area contributed by atoms with Crippen LogP contribution in [0.1, 0.15) is 34.5 Å². The summed E-state index contributed by atoms with van der Waals surface area (Å²) in [5, 5.41) is 22.3. The Morgan fingerprint density at radius 2 is 1.95 bits per heavy atom. The van der Waals surface area contributed by atoms with Crippen molar-refractivity contribution in [1.29, 1.82) is 5.26 Å². The lowest BCUT2D eigenvalue weighted by molar-refractivity contribution is -0.384. The number of hydrogen-bond donors (Lipinski definition) is 1. The van der Waals surface area contributed by atoms with E-state index in [1.165, 1.54) is 24.3 Å². The van der Waals surface area contributed by atoms with Gasteiger partial charge < -0.3 is 5.32 Å². The average Bonchev–Trinajstić information content (AvgIpc) is 2.54. The second kappa shape index (κ2) is 6.50. The molecule has 1 atom stereocenters. The molecule has 0 saturated heterocycles. The molecule has 1 amide bonds. The normalized spacial score (nSPS) is 11.3. The molecule has 0 aromatic heterocycles. The van der Waals surface area contributed by atoms with Gasteiger partial charge in [0.2, 0.25) is 0 Å². The largest absolute Gasteiger partial charge is 0.346 e. The van der Waals surface area contributed by atoms with Crippen LogP contribution in [0.15, 0.2) is 48.5 Å². The number of nitro groups is 1. The number of non-ortho nitro benzene ring substituents is 1. The SMILES string of the molecule is C[C@H](NC(=O)c1ccc([N+](=O)[O-])cc1)c1cccc(C#N)c1. The zero-order valence-electron chi connectivity index (χ0n) is 11.8. The standard InChI is InChI=1S/C16H13N3O3/c1-11(14-4-2-3-12(9-14)10-17)18-16(20)13-5-7-15(8-6-13)19(21)22/h2-9,11H,1H3,(H,18,20)/t11-/m0/s1. The average molecular weight is 295 g/mol. The summed E-state index contributed by atoms with van der Waals surface area (Å²) in [6.07, 6.45) is 0. The number of nitrogens with one attached hydrogen (secondary N) is 1. The number of hydrogen-bond acceptors (Lipinski definition) is 4. The maximum Gasteiger partial charge on any atom is 0.269 e. The molecule has 2 rings (SSSR count). The number of nitriles is 1. The van der Waals surface area contributed by atoms with Gasteiger partial charge >= 0.3 is 0 Å². The van der Waals surface area contributed by atoms with E-state index in [0.717, 1.165) is 5.56 Å². The highest BCUT2D eigenvalue weighted by Gasteiger charge is 2.13. The first-order valence-corrected chi connectivity index (χ1v) is 6.56. The van der Waals surface area contributed by atoms with E-state index in [1.54, 1.807) is 25.1 Å². The van der Waals surface area contributed by atoms with Crippen LogP contribution in [-0.4, -0.2) is 10.8 Å². The molecular formula is C16H13N3O3. The molecule has 0 bridgehead atoms. The van der Waals surface area contributed by atoms with Crippen LogP contribution in [0, 0.1) is 21.4 Å². The van der Waals surface area contributed by atoms with Crippen molar-refractivity contribution >= 4 is 11.6 Å². The van der Waals surface area contributed by atoms with Crippen LogP contribution < -0.4 is 5.32 Å². The third-order valence-electron chi connectivity index (χ3n) is 3.20. The van der Waals surface area contributed by atoms with Crippen LogP contribution in [0.3, 0.4) is 0 Å². The summed E-state index contributed by atoms with van der Waals surface area (Å²) in [6.45, 7) is 1.81. The number of amides is 1. The van der Waals surface area contributed by atoms with Crippen molar-refractivity contribution in [3.05, 3.63) is 75.3 Å². The first-order chi connectivity index (χ1) is 10.5. The molecule has 0 unspecified atom stereocenters. The fraction of sp³-hybridized carbons (Fsp3) is 0.125. The number of nitro benzene ring substituents is 1. The Balaban J connectivity index is 2.10. The number of carbonyl (C=O) groups is 1. The van der Waals surface area contributed by atoms with Gasteiger partial charge in [0, 0.05) is 17.7 Å². The van der Waals surface area contributed by atoms with Gasteiger partial charge in [-0.3, -0.25) is 14.9 Å². The predicted octanol–water partition coefficient (Wildman–Crippen LogP) is 2.96. The van der Waals surface area contributed by atoms with E-state index in [0.29, 0.717) is 11.1 Å². The highest BCUT2D eigenvalue weighted by molar-refractivity contribution is 5.94. The molecule has 6 heteroatoms. The highest BCUT2D eigenvalue weighted by Crippen LogP contribution is 2.16. The zero-order valence-corrected chi connectivity index (χ0v) is 11.8. The molecule has 2 aromatic rings. The summed E-state index contributed by atoms with van der Waals surface area (Å²) in [5.74, 6) is -0.329. The molecule has 110 valence electrons. The molecule has 0 aliphatic carbocycles. The van der Waals surface area contributed by atoms with Crippen LogP contribution in [0.5, 0.6) is 0 Å². The van der Waals surface area contributed by atoms with Crippen molar-refractivity contribution in [1.82, 2.24) is 5.32 Å². The quantitative estimate of drug-likeness (QED) is 0.692. The van der Waals surface area contributed by atoms with E-state index in [9.17, 15) is 14.9 Å². The van der Waals surface area contributed by atoms with E-state index in [1.807, 2.05) is 12.1 Å². The van der Waals surface area contributed by atoms with Crippen molar-refractivity contribution in [3.63, 3.8) is 0 Å². The molecule has 0 aliphatic heterocycles. The van der Waals surface area contributed by atoms with Gasteiger partial charge in [-0.1, -0.05) is 12.1 Å². The molecular weight excluding hydrogens is 282 g/mol. The zero-order chi connectivity index (χ0) is 16.1. The van der Waals surface area contributed by atoms with Crippen molar-refractivity contribution in [2.24, 2.45) is 0 Å². The number of benzene rings is 2. The van der Waals surface area contributed by atoms with Gasteiger partial charge in [-0.05, 0) is 36.8 Å². The fourth-order valence-electron chi connectivity index (χ4n) is 1.98. The predicted molar refractivity (Wildman–Crippen MR) is 80.1 cm³/mol. The topological polar surface area (TPSA) is 96.0 Å². The van der Waals surface area contributed by atoms with Gasteiger partial charge in [-0.15, -0.1) is 0 Å². The second-order valence-corrected chi connectivity index (χ2v) is 4.74. The Hall–Kier alpha value is -3.20. The lowest BCUT2D eigenvalue weighted by Crippen LogP contribution is -2.26. The Kier molecular flexibility index (Phi) is 4.49. The second-order valence-electron chi connectivity index (χ2n) is 4.74. The lowest BCUT2D eigenvalue weighted by atomic mass is 10.1. The third-order valence-corrected chi connectivity index (χ3v) is 3.20. The first kappa shape index (κ1) is 15.2. The minimum atomic E-state index is -0.516. The van der Waals surface area contributed by atoms with Crippen LogP contribution in [0.4, 0.5) is 5.69 Å². The van der Waals surface area contributed by atoms with E-state index < -0.39 is 4.92 Å². The van der Waals surface area contributed by atoms with Crippen molar-refractivity contribution in [2.45, 2.75) is 13.0 Å². The molecule has 0 fully saturated rings. The minimum Gasteiger partial charge on any atom is -0.346 e. The van der Waals surface area contributed by atoms with Crippen molar-refractivity contribution in [3.8, 4) is 6.07 Å². The third kappa shape index (κ3) is 3.46. The molecule has 22 heavy (non-hydrogen) atoms. The smallest absolute Gasteiger partial charge is 0.269 e. The summed E-state index contributed by atoms with van der Waals surface area (Å²) in [4.78, 5) is 22.2. The van der Waals surface area contributed by atoms with Gasteiger partial charge in [0.15, 0.2) is 0 Å². The molecule has 0 aliphatic rings. The van der Waals surface area contributed by atoms with Crippen molar-refractivity contribution < 1.29 is 9.72 Å². The van der Waals surface area contributed by atoms with E-state index >= 15 is 0 Å². The van der Waals surface area contributed by atoms with E-state index in [2.05, 4.69) is 5.32 Å². The summed E-state index contributed by atoms with van der Waals surface area (Å²) in [5.41, 5.74) is 1.61. The van der Waals surface area contributed by atoms with Crippen molar-refractivity contribution in [2.75, 3.05) is 0 Å². The summed E-state index contributed by atoms with van der Waals surface area (Å²) in [7, 11) is 0. The highest BCUT2D eigenvalue weighted by atomic mass is 16.6. The van der Waals surface area contributed by atoms with Gasteiger partial charge in [-0.2, -0.15) is 5.26 Å². The lowest BCUT2D eigenvalue weighted by Gasteiger charge is -2.14. The summed E-state index contributed by atoms with van der Waals surface area (Å²) >= 11 is 0. The van der Waals surface area contributed by atoms with Crippen LogP contribution in [-0.2, 0) is 0 Å². The van der Waals surface area contributed by atoms with E-state index in [4.69, 9.17) is 5.26 Å². The van der Waals surface area contributed by atoms with Gasteiger partial charge in [0.05, 0.1) is 22.6 Å². The Labute approximate surface area is 127 Å². The van der Waals surface area contributed by atoms with Crippen LogP contribution in [0.2, 0.25) is 0 Å². The fourth-order valence-corrected chi connectivity index (χ4v) is 1.98. The van der Waals surface area contributed by atoms with E-state index in [-0.39, 0.29) is 17.6 Å². The summed E-state index contributed by atoms with van der Waals surface area (Å²) in [6, 6.07) is 14.1. The Bertz CT molecular complexity index is 748. The molecule has 0 spiro atoms.